The minimum atomic E-state index is -4.45. The Kier molecular flexibility index (Phi) is 9.74. The Bertz CT molecular complexity index is 1750. The summed E-state index contributed by atoms with van der Waals surface area (Å²) in [4.78, 5) is 35.3. The molecule has 6 nitrogen and oxygen atoms in total. The molecule has 0 aliphatic carbocycles. The third-order valence-electron chi connectivity index (χ3n) is 7.79. The molecule has 5 rings (SSSR count). The average Bonchev–Trinajstić information content (AvgIpc) is 3.48. The summed E-state index contributed by atoms with van der Waals surface area (Å²) in [6.07, 6.45) is -2.09. The van der Waals surface area contributed by atoms with Gasteiger partial charge in [-0.15, -0.1) is 11.3 Å². The van der Waals surface area contributed by atoms with Gasteiger partial charge in [0.15, 0.2) is 0 Å². The number of carbonyl (C=O) groups excluding carboxylic acids is 1. The number of pyridine rings is 1. The molecule has 45 heavy (non-hydrogen) atoms. The van der Waals surface area contributed by atoms with Gasteiger partial charge in [-0.3, -0.25) is 14.2 Å². The quantitative estimate of drug-likeness (QED) is 0.190. The molecule has 0 saturated carbocycles. The van der Waals surface area contributed by atoms with Crippen LogP contribution in [0.5, 0.6) is 5.75 Å². The molecule has 1 fully saturated rings. The summed E-state index contributed by atoms with van der Waals surface area (Å²) in [5.41, 5.74) is 1.30. The molecule has 4 aromatic rings. The van der Waals surface area contributed by atoms with Gasteiger partial charge in [-0.2, -0.15) is 13.2 Å². The number of hydrogen-bond donors (Lipinski definition) is 0. The van der Waals surface area contributed by atoms with E-state index in [2.05, 4.69) is 11.9 Å². The highest BCUT2D eigenvalue weighted by Gasteiger charge is 2.31. The van der Waals surface area contributed by atoms with Crippen molar-refractivity contribution >= 4 is 28.8 Å². The number of rotatable bonds is 8. The fourth-order valence-corrected chi connectivity index (χ4v) is 6.70. The van der Waals surface area contributed by atoms with E-state index in [4.69, 9.17) is 16.3 Å². The van der Waals surface area contributed by atoms with Gasteiger partial charge >= 0.3 is 6.18 Å². The van der Waals surface area contributed by atoms with Gasteiger partial charge < -0.3 is 9.64 Å². The van der Waals surface area contributed by atoms with Crippen LogP contribution < -0.4 is 10.3 Å². The van der Waals surface area contributed by atoms with Gasteiger partial charge in [-0.25, -0.2) is 4.98 Å². The summed E-state index contributed by atoms with van der Waals surface area (Å²) in [6.45, 7) is 9.68. The normalized spacial score (nSPS) is 15.5. The Labute approximate surface area is 269 Å². The number of amides is 1. The smallest absolute Gasteiger partial charge is 0.416 e. The molecule has 2 aromatic carbocycles. The Morgan fingerprint density at radius 2 is 1.89 bits per heavy atom. The fraction of sp³-hybridized carbons (Fsp3) is 0.382. The van der Waals surface area contributed by atoms with Gasteiger partial charge in [-0.05, 0) is 68.4 Å². The second-order valence-electron chi connectivity index (χ2n) is 11.8. The number of ether oxygens (including phenoxy) is 1. The maximum absolute atomic E-state index is 14.5. The van der Waals surface area contributed by atoms with Gasteiger partial charge in [0.2, 0.25) is 0 Å². The molecule has 0 spiro atoms. The van der Waals surface area contributed by atoms with Crippen molar-refractivity contribution in [2.75, 3.05) is 19.7 Å². The number of halogens is 4. The van der Waals surface area contributed by atoms with Crippen LogP contribution in [0.15, 0.2) is 58.7 Å². The van der Waals surface area contributed by atoms with E-state index in [1.807, 2.05) is 25.7 Å². The van der Waals surface area contributed by atoms with Crippen molar-refractivity contribution in [2.24, 2.45) is 11.8 Å². The summed E-state index contributed by atoms with van der Waals surface area (Å²) in [5, 5.41) is 2.36. The third kappa shape index (κ3) is 7.12. The van der Waals surface area contributed by atoms with Crippen molar-refractivity contribution in [3.63, 3.8) is 0 Å². The molecular weight excluding hydrogens is 623 g/mol. The van der Waals surface area contributed by atoms with Gasteiger partial charge in [0.25, 0.3) is 11.5 Å². The molecule has 1 aliphatic heterocycles. The van der Waals surface area contributed by atoms with Crippen molar-refractivity contribution in [2.45, 2.75) is 53.1 Å². The largest absolute Gasteiger partial charge is 0.494 e. The zero-order valence-electron chi connectivity index (χ0n) is 25.6. The summed E-state index contributed by atoms with van der Waals surface area (Å²) < 4.78 is 46.7. The Balaban J connectivity index is 1.72. The fourth-order valence-electron chi connectivity index (χ4n) is 5.66. The lowest BCUT2D eigenvalue weighted by Crippen LogP contribution is -2.40. The molecule has 1 saturated heterocycles. The first-order valence-corrected chi connectivity index (χ1v) is 16.3. The highest BCUT2D eigenvalue weighted by Crippen LogP contribution is 2.35. The van der Waals surface area contributed by atoms with Crippen molar-refractivity contribution in [3.8, 4) is 33.3 Å². The van der Waals surface area contributed by atoms with E-state index >= 15 is 0 Å². The summed E-state index contributed by atoms with van der Waals surface area (Å²) in [5.74, 6) is 0.822. The van der Waals surface area contributed by atoms with Gasteiger partial charge in [0, 0.05) is 35.8 Å². The SMILES string of the molecule is CCOc1ccc(Cl)c(-n2c(CC(C)C)c(C(=O)N3CCC[C@@H](C)C3)cc(-c3nc(-c4ccc(C(F)(F)F)cc4)cs3)c2=O)c1. The van der Waals surface area contributed by atoms with E-state index in [1.165, 1.54) is 28.0 Å². The molecule has 11 heteroatoms. The first-order valence-electron chi connectivity index (χ1n) is 15.0. The van der Waals surface area contributed by atoms with Crippen LogP contribution in [-0.4, -0.2) is 40.1 Å². The van der Waals surface area contributed by atoms with Gasteiger partial charge in [0.05, 0.1) is 39.7 Å². The zero-order chi connectivity index (χ0) is 32.5. The number of carbonyl (C=O) groups is 1. The van der Waals surface area contributed by atoms with Crippen molar-refractivity contribution in [1.82, 2.24) is 14.5 Å². The van der Waals surface area contributed by atoms with Crippen LogP contribution in [0.3, 0.4) is 0 Å². The summed E-state index contributed by atoms with van der Waals surface area (Å²) >= 11 is 7.92. The van der Waals surface area contributed by atoms with E-state index in [-0.39, 0.29) is 17.4 Å². The minimum absolute atomic E-state index is 0.105. The highest BCUT2D eigenvalue weighted by molar-refractivity contribution is 7.13. The molecule has 0 N–H and O–H groups in total. The van der Waals surface area contributed by atoms with Crippen LogP contribution in [0, 0.1) is 11.8 Å². The maximum atomic E-state index is 14.5. The highest BCUT2D eigenvalue weighted by atomic mass is 35.5. The number of benzene rings is 2. The number of alkyl halides is 3. The van der Waals surface area contributed by atoms with Crippen LogP contribution >= 0.6 is 22.9 Å². The number of thiazole rings is 1. The molecule has 1 amide bonds. The molecule has 0 unspecified atom stereocenters. The first kappa shape index (κ1) is 32.8. The minimum Gasteiger partial charge on any atom is -0.494 e. The maximum Gasteiger partial charge on any atom is 0.416 e. The lowest BCUT2D eigenvalue weighted by atomic mass is 9.96. The van der Waals surface area contributed by atoms with E-state index in [0.717, 1.165) is 25.0 Å². The van der Waals surface area contributed by atoms with Crippen LogP contribution in [0.4, 0.5) is 13.2 Å². The summed E-state index contributed by atoms with van der Waals surface area (Å²) in [7, 11) is 0. The van der Waals surface area contributed by atoms with E-state index in [0.29, 0.717) is 76.0 Å². The van der Waals surface area contributed by atoms with Crippen molar-refractivity contribution < 1.29 is 22.7 Å². The van der Waals surface area contributed by atoms with Crippen molar-refractivity contribution in [1.29, 1.82) is 0 Å². The monoisotopic (exact) mass is 657 g/mol. The topological polar surface area (TPSA) is 64.4 Å². The number of likely N-dealkylation sites (tertiary alicyclic amines) is 1. The Morgan fingerprint density at radius 1 is 1.16 bits per heavy atom. The van der Waals surface area contributed by atoms with Crippen LogP contribution in [-0.2, 0) is 12.6 Å². The lowest BCUT2D eigenvalue weighted by molar-refractivity contribution is -0.137. The van der Waals surface area contributed by atoms with Crippen molar-refractivity contribution in [3.05, 3.63) is 86.1 Å². The first-order chi connectivity index (χ1) is 21.4. The van der Waals surface area contributed by atoms with Crippen LogP contribution in [0.25, 0.3) is 27.5 Å². The third-order valence-corrected chi connectivity index (χ3v) is 8.99. The van der Waals surface area contributed by atoms with E-state index in [9.17, 15) is 22.8 Å². The molecule has 1 aliphatic rings. The number of nitrogens with zero attached hydrogens (tertiary/aromatic N) is 3. The molecule has 1 atom stereocenters. The number of piperidine rings is 1. The van der Waals surface area contributed by atoms with E-state index in [1.54, 1.807) is 29.6 Å². The van der Waals surface area contributed by atoms with Crippen LogP contribution in [0.1, 0.15) is 62.2 Å². The Hall–Kier alpha value is -3.63. The molecule has 0 radical (unpaired) electrons. The molecule has 0 bridgehead atoms. The molecule has 3 heterocycles. The molecule has 2 aromatic heterocycles. The zero-order valence-corrected chi connectivity index (χ0v) is 27.2. The summed E-state index contributed by atoms with van der Waals surface area (Å²) in [6, 6.07) is 11.5. The molecular formula is C34H35ClF3N3O3S. The van der Waals surface area contributed by atoms with Gasteiger partial charge in [-0.1, -0.05) is 44.5 Å². The molecule has 238 valence electrons. The van der Waals surface area contributed by atoms with E-state index < -0.39 is 17.3 Å². The predicted octanol–water partition coefficient (Wildman–Crippen LogP) is 8.77. The standard InChI is InChI=1S/C34H35ClF3N3O3S/c1-5-44-24-12-13-27(35)30(16-24)41-29(15-20(2)3)25(32(42)40-14-6-7-21(4)18-40)17-26(33(41)43)31-39-28(19-45-31)22-8-10-23(11-9-22)34(36,37)38/h8-13,16-17,19-21H,5-7,14-15,18H2,1-4H3/t21-/m1/s1. The number of aromatic nitrogens is 2. The second kappa shape index (κ2) is 13.4. The average molecular weight is 658 g/mol. The number of hydrogen-bond acceptors (Lipinski definition) is 5. The predicted molar refractivity (Wildman–Crippen MR) is 173 cm³/mol. The Morgan fingerprint density at radius 3 is 2.53 bits per heavy atom. The second-order valence-corrected chi connectivity index (χ2v) is 13.1. The van der Waals surface area contributed by atoms with Gasteiger partial charge in [0.1, 0.15) is 10.8 Å². The lowest BCUT2D eigenvalue weighted by Gasteiger charge is -2.32. The van der Waals surface area contributed by atoms with Crippen LogP contribution in [0.2, 0.25) is 5.02 Å².